The zero-order valence-electron chi connectivity index (χ0n) is 49.9. The Labute approximate surface area is 526 Å². The lowest BCUT2D eigenvalue weighted by Crippen LogP contribution is -2.52. The van der Waals surface area contributed by atoms with Crippen LogP contribution in [0.2, 0.25) is 0 Å². The predicted octanol–water partition coefficient (Wildman–Crippen LogP) is -1.96. The van der Waals surface area contributed by atoms with Crippen molar-refractivity contribution < 1.29 is 86.8 Å². The minimum absolute atomic E-state index is 0.00725. The Hall–Kier alpha value is -10.4. The molecule has 34 nitrogen and oxygen atoms in total. The average molecular weight is 1300 g/mol. The third-order valence-corrected chi connectivity index (χ3v) is 17.7. The van der Waals surface area contributed by atoms with E-state index in [4.69, 9.17) is 42.0 Å². The molecule has 490 valence electrons. The number of aliphatic carboxylic acids is 2. The number of ketones is 4. The zero-order chi connectivity index (χ0) is 67.5. The van der Waals surface area contributed by atoms with Crippen LogP contribution < -0.4 is 44.4 Å². The Morgan fingerprint density at radius 2 is 1.65 bits per heavy atom. The number of carbonyl (C=O) groups is 12. The summed E-state index contributed by atoms with van der Waals surface area (Å²) in [6, 6.07) is 3.67. The number of methoxy groups -OCH3 is 1. The van der Waals surface area contributed by atoms with Gasteiger partial charge in [0, 0.05) is 98.3 Å². The van der Waals surface area contributed by atoms with Crippen LogP contribution in [-0.2, 0) is 73.6 Å². The fourth-order valence-corrected chi connectivity index (χ4v) is 13.1. The maximum Gasteiger partial charge on any atom is 0.404 e. The molecule has 6 amide bonds. The molecule has 1 aliphatic carbocycles. The van der Waals surface area contributed by atoms with Crippen LogP contribution in [0.15, 0.2) is 62.9 Å². The molecule has 8 atom stereocenters. The van der Waals surface area contributed by atoms with Gasteiger partial charge in [-0.2, -0.15) is 14.6 Å². The van der Waals surface area contributed by atoms with Crippen molar-refractivity contribution in [3.63, 3.8) is 0 Å². The molecule has 8 rings (SSSR count). The largest absolute Gasteiger partial charge is 0.492 e. The fourth-order valence-electron chi connectivity index (χ4n) is 11.8. The highest BCUT2D eigenvalue weighted by molar-refractivity contribution is 8.00. The number of nitrogens with two attached hydrogens (primary N) is 4. The van der Waals surface area contributed by atoms with Crippen LogP contribution in [-0.4, -0.2) is 202 Å². The number of amides is 6. The number of likely N-dealkylation sites (tertiary alicyclic amines) is 1. The van der Waals surface area contributed by atoms with Gasteiger partial charge >= 0.3 is 24.2 Å². The molecule has 6 heterocycles. The number of anilines is 2. The van der Waals surface area contributed by atoms with Crippen LogP contribution in [0.25, 0.3) is 11.2 Å². The standard InChI is InChI=1S/C56H67N15O17S.CO2/c1-25-43(78)42-40(44(79)45(25)87-3)32(23-88-55(60)86)56(2)46-34(22-70(42)56)71(46)37(74)12-15-69-38(75)19-36(51(69)83)89-24-28(52(84)85)17-35(73)33(18-39(76)77)66-49(81)27(6-4-14-62-53(57)58)16-31(72)7-5-13-61-48(80)26-8-10-29(11-9-26)63-20-30-21-64-47-41(65-30)50(82)68-54(59)67-47;2-1-3/h8-11,21,27-28,32-34,36,46,63H,4-7,12-20,22-24H2,1-3H3,(H2,60,86)(H,61,80)(H,66,81)(H,76,77)(H,84,85)(H4,57,58,62)(H3,59,64,67,68,82);/t27-,28+,32-,33+,34+,36?,46+,56+,71?;/m0./s1. The van der Waals surface area contributed by atoms with Gasteiger partial charge in [-0.25, -0.2) is 14.8 Å². The molecule has 0 bridgehead atoms. The molecule has 1 unspecified atom stereocenters. The topological polar surface area (TPSA) is 531 Å². The van der Waals surface area contributed by atoms with Gasteiger partial charge in [0.1, 0.15) is 12.4 Å². The van der Waals surface area contributed by atoms with Crippen molar-refractivity contribution >= 4 is 117 Å². The van der Waals surface area contributed by atoms with Gasteiger partial charge in [0.05, 0.1) is 72.5 Å². The summed E-state index contributed by atoms with van der Waals surface area (Å²) in [5.74, 6) is -13.0. The molecule has 0 spiro atoms. The number of nitrogens with zero attached hydrogens (tertiary/aromatic N) is 7. The van der Waals surface area contributed by atoms with Gasteiger partial charge in [-0.05, 0) is 57.4 Å². The second-order valence-corrected chi connectivity index (χ2v) is 23.4. The summed E-state index contributed by atoms with van der Waals surface area (Å²) < 4.78 is 10.5. The minimum Gasteiger partial charge on any atom is -0.492 e. The lowest BCUT2D eigenvalue weighted by atomic mass is 9.78. The first kappa shape index (κ1) is 69.0. The van der Waals surface area contributed by atoms with Crippen molar-refractivity contribution in [1.82, 2.24) is 45.3 Å². The molecule has 3 fully saturated rings. The van der Waals surface area contributed by atoms with Crippen molar-refractivity contribution in [3.8, 4) is 0 Å². The number of benzene rings is 1. The van der Waals surface area contributed by atoms with Crippen molar-refractivity contribution in [3.05, 3.63) is 74.7 Å². The number of imide groups is 1. The predicted molar refractivity (Wildman–Crippen MR) is 318 cm³/mol. The molecular weight excluding hydrogens is 1230 g/mol. The summed E-state index contributed by atoms with van der Waals surface area (Å²) in [7, 11) is 1.25. The summed E-state index contributed by atoms with van der Waals surface area (Å²) in [5.41, 5.74) is 21.9. The molecule has 14 N–H and O–H groups in total. The summed E-state index contributed by atoms with van der Waals surface area (Å²) in [5, 5.41) is 27.1. The first-order valence-corrected chi connectivity index (χ1v) is 29.7. The first-order valence-electron chi connectivity index (χ1n) is 28.7. The fraction of sp³-hybridized carbons (Fsp3) is 0.474. The number of piperazine rings is 1. The monoisotopic (exact) mass is 1300 g/mol. The minimum atomic E-state index is -1.75. The van der Waals surface area contributed by atoms with Crippen molar-refractivity contribution in [2.45, 2.75) is 107 Å². The van der Waals surface area contributed by atoms with Gasteiger partial charge in [0.25, 0.3) is 11.5 Å². The summed E-state index contributed by atoms with van der Waals surface area (Å²) in [4.78, 5) is 210. The van der Waals surface area contributed by atoms with Gasteiger partial charge in [-0.3, -0.25) is 72.4 Å². The van der Waals surface area contributed by atoms with Gasteiger partial charge in [0.15, 0.2) is 28.7 Å². The number of H-pyrrole nitrogens is 1. The van der Waals surface area contributed by atoms with E-state index in [0.29, 0.717) is 16.9 Å². The molecule has 3 saturated heterocycles. The SMILES string of the molecule is COC1=C(C)C(=O)C2=C(C1=O)[C@H](COC(N)=O)[C@]1(C)[C@H]3[C@@H](CN21)N3C(=O)CCN1C(=O)CC(SC[C@@H](CC(=O)[C@@H](CC(=O)O)NC(=O)[C@@H](CCCN=C(N)N)CC(=O)CCCNC(=O)c2ccc(NCc3cnc4nc(N)[nH]c(=O)c4n3)cc2)C(=O)O)C1=O.O=C=O. The van der Waals surface area contributed by atoms with E-state index in [9.17, 15) is 72.5 Å². The number of guanidine groups is 1. The molecule has 2 aromatic heterocycles. The number of aliphatic imine (C=N–C) groups is 1. The van der Waals surface area contributed by atoms with E-state index in [1.165, 1.54) is 25.1 Å². The van der Waals surface area contributed by atoms with Gasteiger partial charge < -0.3 is 68.4 Å². The smallest absolute Gasteiger partial charge is 0.404 e. The number of aromatic nitrogens is 4. The molecule has 92 heavy (non-hydrogen) atoms. The first-order chi connectivity index (χ1) is 43.6. The van der Waals surface area contributed by atoms with E-state index in [-0.39, 0.29) is 136 Å². The number of fused-ring (bicyclic) bond motifs is 5. The van der Waals surface area contributed by atoms with Crippen LogP contribution >= 0.6 is 11.8 Å². The number of hydrogen-bond donors (Lipinski definition) is 10. The molecule has 0 saturated carbocycles. The van der Waals surface area contributed by atoms with Crippen LogP contribution in [0.3, 0.4) is 0 Å². The summed E-state index contributed by atoms with van der Waals surface area (Å²) >= 11 is 0.775. The lowest BCUT2D eigenvalue weighted by molar-refractivity contribution is -0.192. The number of nitrogens with one attached hydrogen (secondary N) is 4. The average Bonchev–Trinajstić information content (AvgIpc) is 1.49. The van der Waals surface area contributed by atoms with Crippen LogP contribution in [0.4, 0.5) is 16.4 Å². The zero-order valence-corrected chi connectivity index (χ0v) is 50.7. The summed E-state index contributed by atoms with van der Waals surface area (Å²) in [6.45, 7) is 2.94. The van der Waals surface area contributed by atoms with Gasteiger partial charge in [0.2, 0.25) is 41.1 Å². The van der Waals surface area contributed by atoms with E-state index in [0.717, 1.165) is 16.7 Å². The third-order valence-electron chi connectivity index (χ3n) is 16.3. The number of hydrogen-bond acceptors (Lipinski definition) is 25. The van der Waals surface area contributed by atoms with Crippen molar-refractivity contribution in [1.29, 1.82) is 0 Å². The Bertz CT molecular complexity index is 3690. The number of Topliss-reactive ketones (excluding diaryl/α,β-unsaturated/α-hetero) is 4. The Morgan fingerprint density at radius 1 is 0.946 bits per heavy atom. The number of thioether (sulfide) groups is 1. The number of ether oxygens (including phenoxy) is 2. The second-order valence-electron chi connectivity index (χ2n) is 22.2. The Balaban J connectivity index is 0.00000392. The molecule has 3 aromatic rings. The Morgan fingerprint density at radius 3 is 2.30 bits per heavy atom. The van der Waals surface area contributed by atoms with E-state index in [1.54, 1.807) is 36.1 Å². The lowest BCUT2D eigenvalue weighted by Gasteiger charge is -2.39. The molecule has 4 aliphatic heterocycles. The highest BCUT2D eigenvalue weighted by Crippen LogP contribution is 2.59. The van der Waals surface area contributed by atoms with Crippen LogP contribution in [0.5, 0.6) is 0 Å². The number of primary amides is 1. The highest BCUT2D eigenvalue weighted by Gasteiger charge is 2.74. The molecular formula is C57H67N15O19S. The second kappa shape index (κ2) is 29.9. The third kappa shape index (κ3) is 15.8. The highest BCUT2D eigenvalue weighted by atomic mass is 32.2. The maximum atomic E-state index is 13.9. The van der Waals surface area contributed by atoms with E-state index >= 15 is 0 Å². The Kier molecular flexibility index (Phi) is 22.4. The van der Waals surface area contributed by atoms with E-state index in [1.807, 2.05) is 0 Å². The van der Waals surface area contributed by atoms with E-state index in [2.05, 4.69) is 40.9 Å². The number of rotatable bonds is 31. The van der Waals surface area contributed by atoms with Crippen LogP contribution in [0, 0.1) is 17.8 Å². The number of carboxylic acid groups (broad SMARTS) is 2. The van der Waals surface area contributed by atoms with E-state index < -0.39 is 142 Å². The van der Waals surface area contributed by atoms with Gasteiger partial charge in [-0.1, -0.05) is 0 Å². The summed E-state index contributed by atoms with van der Waals surface area (Å²) in [6.07, 6.45) is -1.96. The molecule has 0 radical (unpaired) electrons. The van der Waals surface area contributed by atoms with Crippen LogP contribution in [0.1, 0.15) is 87.7 Å². The molecule has 35 heteroatoms. The van der Waals surface area contributed by atoms with Crippen molar-refractivity contribution in [2.24, 2.45) is 39.9 Å². The number of carboxylic acids is 2. The normalized spacial score (nSPS) is 20.4. The maximum absolute atomic E-state index is 13.9. The van der Waals surface area contributed by atoms with Gasteiger partial charge in [-0.15, -0.1) is 11.8 Å². The molecule has 1 aromatic carbocycles. The number of nitrogen functional groups attached to an aromatic ring is 1. The van der Waals surface area contributed by atoms with Crippen molar-refractivity contribution in [2.75, 3.05) is 56.7 Å². The number of carbonyl (C=O) groups excluding carboxylic acids is 12. The number of aromatic amines is 1. The quantitative estimate of drug-likeness (QED) is 0.00835. The number of allylic oxidation sites excluding steroid dienone is 2. The molecule has 5 aliphatic rings.